The second kappa shape index (κ2) is 6.97. The first-order chi connectivity index (χ1) is 10.5. The molecule has 0 unspecified atom stereocenters. The van der Waals surface area contributed by atoms with Gasteiger partial charge in [0.1, 0.15) is 5.75 Å². The van der Waals surface area contributed by atoms with Gasteiger partial charge in [0.05, 0.1) is 16.7 Å². The zero-order valence-corrected chi connectivity index (χ0v) is 13.0. The first kappa shape index (κ1) is 15.9. The van der Waals surface area contributed by atoms with Gasteiger partial charge in [0.25, 0.3) is 5.91 Å². The van der Waals surface area contributed by atoms with E-state index >= 15 is 0 Å². The Labute approximate surface area is 134 Å². The van der Waals surface area contributed by atoms with E-state index in [0.717, 1.165) is 5.69 Å². The van der Waals surface area contributed by atoms with Crippen molar-refractivity contribution in [2.45, 2.75) is 13.0 Å². The second-order valence-corrected chi connectivity index (χ2v) is 5.16. The minimum absolute atomic E-state index is 0.188. The normalized spacial score (nSPS) is 11.4. The number of nitriles is 1. The van der Waals surface area contributed by atoms with Crippen molar-refractivity contribution in [3.05, 3.63) is 59.1 Å². The van der Waals surface area contributed by atoms with Crippen molar-refractivity contribution in [3.63, 3.8) is 0 Å². The van der Waals surface area contributed by atoms with Gasteiger partial charge in [-0.2, -0.15) is 5.26 Å². The van der Waals surface area contributed by atoms with Crippen LogP contribution in [-0.4, -0.2) is 19.1 Å². The Bertz CT molecular complexity index is 710. The molecule has 0 fully saturated rings. The van der Waals surface area contributed by atoms with E-state index in [1.54, 1.807) is 26.1 Å². The summed E-state index contributed by atoms with van der Waals surface area (Å²) < 4.78 is 5.62. The van der Waals surface area contributed by atoms with E-state index in [1.807, 2.05) is 36.4 Å². The van der Waals surface area contributed by atoms with Gasteiger partial charge >= 0.3 is 0 Å². The van der Waals surface area contributed by atoms with E-state index in [0.29, 0.717) is 16.3 Å². The van der Waals surface area contributed by atoms with Crippen LogP contribution in [0.1, 0.15) is 12.5 Å². The van der Waals surface area contributed by atoms with Gasteiger partial charge in [-0.1, -0.05) is 29.8 Å². The number of carbonyl (C=O) groups excluding carboxylic acids is 1. The number of amides is 1. The summed E-state index contributed by atoms with van der Waals surface area (Å²) in [4.78, 5) is 13.9. The van der Waals surface area contributed by atoms with Crippen LogP contribution in [0.2, 0.25) is 5.02 Å². The molecule has 4 nitrogen and oxygen atoms in total. The van der Waals surface area contributed by atoms with E-state index in [4.69, 9.17) is 21.6 Å². The predicted octanol–water partition coefficient (Wildman–Crippen LogP) is 3.64. The van der Waals surface area contributed by atoms with Crippen LogP contribution in [0.4, 0.5) is 5.69 Å². The molecular weight excluding hydrogens is 300 g/mol. The lowest BCUT2D eigenvalue weighted by molar-refractivity contribution is -0.124. The maximum Gasteiger partial charge on any atom is 0.267 e. The number of para-hydroxylation sites is 1. The number of anilines is 1. The molecule has 1 amide bonds. The molecule has 0 aliphatic heterocycles. The molecule has 0 aliphatic carbocycles. The first-order valence-corrected chi connectivity index (χ1v) is 7.09. The highest BCUT2D eigenvalue weighted by molar-refractivity contribution is 6.32. The molecule has 2 rings (SSSR count). The Balaban J connectivity index is 2.10. The van der Waals surface area contributed by atoms with Crippen LogP contribution >= 0.6 is 11.6 Å². The number of rotatable bonds is 4. The van der Waals surface area contributed by atoms with Gasteiger partial charge in [-0.3, -0.25) is 4.79 Å². The predicted molar refractivity (Wildman–Crippen MR) is 86.1 cm³/mol. The minimum Gasteiger partial charge on any atom is -0.479 e. The maximum atomic E-state index is 12.4. The summed E-state index contributed by atoms with van der Waals surface area (Å²) in [5.41, 5.74) is 1.23. The van der Waals surface area contributed by atoms with E-state index in [2.05, 4.69) is 0 Å². The van der Waals surface area contributed by atoms with E-state index in [1.165, 1.54) is 11.0 Å². The molecule has 0 N–H and O–H groups in total. The van der Waals surface area contributed by atoms with Gasteiger partial charge < -0.3 is 9.64 Å². The van der Waals surface area contributed by atoms with Crippen molar-refractivity contribution in [2.75, 3.05) is 11.9 Å². The zero-order chi connectivity index (χ0) is 16.1. The Morgan fingerprint density at radius 3 is 2.55 bits per heavy atom. The Hall–Kier alpha value is -2.51. The zero-order valence-electron chi connectivity index (χ0n) is 12.3. The highest BCUT2D eigenvalue weighted by atomic mass is 35.5. The average molecular weight is 315 g/mol. The molecule has 0 bridgehead atoms. The van der Waals surface area contributed by atoms with Crippen LogP contribution in [-0.2, 0) is 4.79 Å². The smallest absolute Gasteiger partial charge is 0.267 e. The fourth-order valence-electron chi connectivity index (χ4n) is 1.96. The summed E-state index contributed by atoms with van der Waals surface area (Å²) >= 11 is 6.05. The lowest BCUT2D eigenvalue weighted by atomic mass is 10.2. The molecule has 0 heterocycles. The van der Waals surface area contributed by atoms with Gasteiger partial charge in [0.15, 0.2) is 6.10 Å². The number of benzene rings is 2. The van der Waals surface area contributed by atoms with Crippen molar-refractivity contribution in [3.8, 4) is 11.8 Å². The number of likely N-dealkylation sites (N-methyl/N-ethyl adjacent to an activating group) is 1. The topological polar surface area (TPSA) is 53.3 Å². The summed E-state index contributed by atoms with van der Waals surface area (Å²) in [7, 11) is 1.69. The Kier molecular flexibility index (Phi) is 5.03. The molecule has 1 atom stereocenters. The summed E-state index contributed by atoms with van der Waals surface area (Å²) in [6.07, 6.45) is -0.698. The van der Waals surface area contributed by atoms with Crippen molar-refractivity contribution < 1.29 is 9.53 Å². The molecule has 2 aromatic rings. The van der Waals surface area contributed by atoms with Crippen molar-refractivity contribution in [1.29, 1.82) is 5.26 Å². The number of nitrogens with zero attached hydrogens (tertiary/aromatic N) is 2. The fraction of sp³-hybridized carbons (Fsp3) is 0.176. The number of carbonyl (C=O) groups is 1. The fourth-order valence-corrected chi connectivity index (χ4v) is 2.18. The Morgan fingerprint density at radius 1 is 1.27 bits per heavy atom. The molecule has 0 radical (unpaired) electrons. The molecule has 0 spiro atoms. The number of hydrogen-bond donors (Lipinski definition) is 0. The molecule has 0 aliphatic rings. The van der Waals surface area contributed by atoms with Crippen molar-refractivity contribution in [1.82, 2.24) is 0 Å². The number of ether oxygens (including phenoxy) is 1. The summed E-state index contributed by atoms with van der Waals surface area (Å²) in [6, 6.07) is 16.0. The lowest BCUT2D eigenvalue weighted by Gasteiger charge is -2.22. The van der Waals surface area contributed by atoms with Crippen molar-refractivity contribution >= 4 is 23.2 Å². The molecule has 22 heavy (non-hydrogen) atoms. The van der Waals surface area contributed by atoms with Crippen molar-refractivity contribution in [2.24, 2.45) is 0 Å². The highest BCUT2D eigenvalue weighted by Crippen LogP contribution is 2.26. The maximum absolute atomic E-state index is 12.4. The van der Waals surface area contributed by atoms with E-state index in [-0.39, 0.29) is 5.91 Å². The molecule has 2 aromatic carbocycles. The summed E-state index contributed by atoms with van der Waals surface area (Å²) in [5, 5.41) is 9.12. The van der Waals surface area contributed by atoms with Gasteiger partial charge in [0, 0.05) is 12.7 Å². The standard InChI is InChI=1S/C17H15ClN2O2/c1-12(17(21)20(2)14-6-4-3-5-7-14)22-16-9-8-13(11-19)10-15(16)18/h3-10,12H,1-2H3/t12-/m0/s1. The largest absolute Gasteiger partial charge is 0.479 e. The summed E-state index contributed by atoms with van der Waals surface area (Å²) in [6.45, 7) is 1.66. The van der Waals surface area contributed by atoms with Gasteiger partial charge in [-0.15, -0.1) is 0 Å². The van der Waals surface area contributed by atoms with Gasteiger partial charge in [-0.05, 0) is 37.3 Å². The molecule has 0 saturated heterocycles. The third-order valence-electron chi connectivity index (χ3n) is 3.19. The molecular formula is C17H15ClN2O2. The molecule has 112 valence electrons. The van der Waals surface area contributed by atoms with Crippen LogP contribution in [0.5, 0.6) is 5.75 Å². The van der Waals surface area contributed by atoms with Crippen LogP contribution in [0.3, 0.4) is 0 Å². The summed E-state index contributed by atoms with van der Waals surface area (Å²) in [5.74, 6) is 0.189. The third-order valence-corrected chi connectivity index (χ3v) is 3.48. The lowest BCUT2D eigenvalue weighted by Crippen LogP contribution is -2.38. The Morgan fingerprint density at radius 2 is 1.95 bits per heavy atom. The van der Waals surface area contributed by atoms with Crippen LogP contribution in [0.25, 0.3) is 0 Å². The van der Waals surface area contributed by atoms with Crippen LogP contribution in [0, 0.1) is 11.3 Å². The quantitative estimate of drug-likeness (QED) is 0.865. The molecule has 0 saturated carbocycles. The van der Waals surface area contributed by atoms with E-state index < -0.39 is 6.10 Å². The first-order valence-electron chi connectivity index (χ1n) is 6.72. The third kappa shape index (κ3) is 3.57. The number of halogens is 1. The monoisotopic (exact) mass is 314 g/mol. The van der Waals surface area contributed by atoms with Crippen LogP contribution in [0.15, 0.2) is 48.5 Å². The number of hydrogen-bond acceptors (Lipinski definition) is 3. The van der Waals surface area contributed by atoms with E-state index in [9.17, 15) is 4.79 Å². The van der Waals surface area contributed by atoms with Gasteiger partial charge in [-0.25, -0.2) is 0 Å². The molecule has 5 heteroatoms. The van der Waals surface area contributed by atoms with Crippen LogP contribution < -0.4 is 9.64 Å². The SMILES string of the molecule is C[C@H](Oc1ccc(C#N)cc1Cl)C(=O)N(C)c1ccccc1. The highest BCUT2D eigenvalue weighted by Gasteiger charge is 2.21. The average Bonchev–Trinajstić information content (AvgIpc) is 2.56. The minimum atomic E-state index is -0.698. The second-order valence-electron chi connectivity index (χ2n) is 4.75. The van der Waals surface area contributed by atoms with Gasteiger partial charge in [0.2, 0.25) is 0 Å². The molecule has 0 aromatic heterocycles.